The van der Waals surface area contributed by atoms with Gasteiger partial charge in [-0.25, -0.2) is 4.98 Å². The summed E-state index contributed by atoms with van der Waals surface area (Å²) < 4.78 is 0. The Balaban J connectivity index is 2.58. The van der Waals surface area contributed by atoms with Gasteiger partial charge in [0.25, 0.3) is 0 Å². The molecule has 0 fully saturated rings. The molecular formula is C9H14ClN3O2S. The maximum atomic E-state index is 11.1. The van der Waals surface area contributed by atoms with Crippen LogP contribution in [0.3, 0.4) is 0 Å². The van der Waals surface area contributed by atoms with E-state index in [9.17, 15) is 4.79 Å². The number of aliphatic hydroxyl groups excluding tert-OH is 1. The van der Waals surface area contributed by atoms with E-state index < -0.39 is 0 Å². The van der Waals surface area contributed by atoms with Gasteiger partial charge in [-0.15, -0.1) is 0 Å². The standard InChI is InChI=1S/C9H14ClN3O2S/c1-11-7(15)3-4-13(2)9-12-8(10)6(5-14)16-9/h14H,3-5H2,1-2H3,(H,11,15). The zero-order valence-electron chi connectivity index (χ0n) is 9.16. The number of aliphatic hydroxyl groups is 1. The molecule has 90 valence electrons. The Morgan fingerprint density at radius 1 is 1.69 bits per heavy atom. The van der Waals surface area contributed by atoms with Crippen LogP contribution < -0.4 is 10.2 Å². The number of thiazole rings is 1. The summed E-state index contributed by atoms with van der Waals surface area (Å²) in [5.74, 6) is -0.0168. The van der Waals surface area contributed by atoms with E-state index in [4.69, 9.17) is 16.7 Å². The van der Waals surface area contributed by atoms with Gasteiger partial charge in [0.1, 0.15) is 5.15 Å². The molecule has 0 atom stereocenters. The number of aromatic nitrogens is 1. The van der Waals surface area contributed by atoms with Crippen molar-refractivity contribution < 1.29 is 9.90 Å². The van der Waals surface area contributed by atoms with Crippen LogP contribution in [-0.4, -0.2) is 36.6 Å². The molecule has 0 saturated heterocycles. The molecule has 0 aliphatic carbocycles. The fourth-order valence-corrected chi connectivity index (χ4v) is 2.18. The van der Waals surface area contributed by atoms with Crippen molar-refractivity contribution in [3.05, 3.63) is 10.0 Å². The highest BCUT2D eigenvalue weighted by Gasteiger charge is 2.12. The number of hydrogen-bond donors (Lipinski definition) is 2. The number of carbonyl (C=O) groups is 1. The Hall–Kier alpha value is -0.850. The molecule has 0 aromatic carbocycles. The van der Waals surface area contributed by atoms with E-state index in [2.05, 4.69) is 10.3 Å². The van der Waals surface area contributed by atoms with Crippen LogP contribution >= 0.6 is 22.9 Å². The molecule has 0 unspecified atom stereocenters. The van der Waals surface area contributed by atoms with Crippen molar-refractivity contribution >= 4 is 34.0 Å². The van der Waals surface area contributed by atoms with Crippen LogP contribution in [-0.2, 0) is 11.4 Å². The van der Waals surface area contributed by atoms with E-state index in [1.54, 1.807) is 7.05 Å². The van der Waals surface area contributed by atoms with Crippen molar-refractivity contribution in [3.63, 3.8) is 0 Å². The third-order valence-corrected chi connectivity index (χ3v) is 3.64. The van der Waals surface area contributed by atoms with Crippen LogP contribution in [0.4, 0.5) is 5.13 Å². The molecule has 1 aromatic rings. The molecule has 0 bridgehead atoms. The van der Waals surface area contributed by atoms with E-state index in [0.717, 1.165) is 0 Å². The lowest BCUT2D eigenvalue weighted by Crippen LogP contribution is -2.26. The number of nitrogens with zero attached hydrogens (tertiary/aromatic N) is 2. The van der Waals surface area contributed by atoms with Crippen LogP contribution in [0.2, 0.25) is 5.15 Å². The van der Waals surface area contributed by atoms with Crippen LogP contribution in [0.1, 0.15) is 11.3 Å². The zero-order valence-corrected chi connectivity index (χ0v) is 10.7. The first-order valence-electron chi connectivity index (χ1n) is 4.76. The largest absolute Gasteiger partial charge is 0.391 e. The molecule has 0 radical (unpaired) electrons. The highest BCUT2D eigenvalue weighted by molar-refractivity contribution is 7.16. The molecule has 7 heteroatoms. The van der Waals surface area contributed by atoms with E-state index in [0.29, 0.717) is 28.1 Å². The number of anilines is 1. The second-order valence-electron chi connectivity index (χ2n) is 3.21. The number of halogens is 1. The first-order valence-corrected chi connectivity index (χ1v) is 5.95. The van der Waals surface area contributed by atoms with Crippen molar-refractivity contribution in [2.24, 2.45) is 0 Å². The Kier molecular flexibility index (Phi) is 4.98. The number of nitrogens with one attached hydrogen (secondary N) is 1. The molecule has 0 aliphatic heterocycles. The second kappa shape index (κ2) is 6.03. The average molecular weight is 264 g/mol. The van der Waals surface area contributed by atoms with Crippen molar-refractivity contribution in [1.82, 2.24) is 10.3 Å². The Bertz CT molecular complexity index is 370. The lowest BCUT2D eigenvalue weighted by Gasteiger charge is -2.14. The highest BCUT2D eigenvalue weighted by atomic mass is 35.5. The van der Waals surface area contributed by atoms with Gasteiger partial charge in [0.15, 0.2) is 5.13 Å². The van der Waals surface area contributed by atoms with Gasteiger partial charge >= 0.3 is 0 Å². The summed E-state index contributed by atoms with van der Waals surface area (Å²) in [6, 6.07) is 0. The highest BCUT2D eigenvalue weighted by Crippen LogP contribution is 2.28. The van der Waals surface area contributed by atoms with E-state index in [1.165, 1.54) is 11.3 Å². The number of amides is 1. The van der Waals surface area contributed by atoms with Gasteiger partial charge in [-0.1, -0.05) is 22.9 Å². The van der Waals surface area contributed by atoms with Gasteiger partial charge in [0, 0.05) is 27.1 Å². The fraction of sp³-hybridized carbons (Fsp3) is 0.556. The fourth-order valence-electron chi connectivity index (χ4n) is 1.07. The quantitative estimate of drug-likeness (QED) is 0.827. The van der Waals surface area contributed by atoms with Gasteiger partial charge < -0.3 is 15.3 Å². The molecule has 1 rings (SSSR count). The summed E-state index contributed by atoms with van der Waals surface area (Å²) in [5, 5.41) is 12.6. The molecule has 16 heavy (non-hydrogen) atoms. The number of carbonyl (C=O) groups excluding carboxylic acids is 1. The van der Waals surface area contributed by atoms with E-state index in [1.807, 2.05) is 11.9 Å². The van der Waals surface area contributed by atoms with Crippen molar-refractivity contribution in [3.8, 4) is 0 Å². The molecule has 1 amide bonds. The molecule has 5 nitrogen and oxygen atoms in total. The summed E-state index contributed by atoms with van der Waals surface area (Å²) in [6.07, 6.45) is 0.401. The van der Waals surface area contributed by atoms with Gasteiger partial charge in [0.2, 0.25) is 5.91 Å². The normalized spacial score (nSPS) is 10.2. The SMILES string of the molecule is CNC(=O)CCN(C)c1nc(Cl)c(CO)s1. The molecule has 2 N–H and O–H groups in total. The molecule has 0 saturated carbocycles. The van der Waals surface area contributed by atoms with Crippen LogP contribution in [0, 0.1) is 0 Å². The lowest BCUT2D eigenvalue weighted by molar-refractivity contribution is -0.120. The molecule has 0 aliphatic rings. The van der Waals surface area contributed by atoms with Crippen molar-refractivity contribution in [2.75, 3.05) is 25.5 Å². The van der Waals surface area contributed by atoms with E-state index >= 15 is 0 Å². The summed E-state index contributed by atoms with van der Waals surface area (Å²) >= 11 is 7.14. The van der Waals surface area contributed by atoms with Crippen LogP contribution in [0.15, 0.2) is 0 Å². The predicted molar refractivity (Wildman–Crippen MR) is 65.0 cm³/mol. The van der Waals surface area contributed by atoms with Gasteiger partial charge in [-0.05, 0) is 0 Å². The topological polar surface area (TPSA) is 65.5 Å². The summed E-state index contributed by atoms with van der Waals surface area (Å²) in [5.41, 5.74) is 0. The lowest BCUT2D eigenvalue weighted by atomic mass is 10.4. The number of hydrogen-bond acceptors (Lipinski definition) is 5. The average Bonchev–Trinajstić information content (AvgIpc) is 2.66. The Morgan fingerprint density at radius 3 is 2.88 bits per heavy atom. The summed E-state index contributed by atoms with van der Waals surface area (Å²) in [6.45, 7) is 0.453. The molecular weight excluding hydrogens is 250 g/mol. The maximum Gasteiger partial charge on any atom is 0.221 e. The summed E-state index contributed by atoms with van der Waals surface area (Å²) in [7, 11) is 3.44. The summed E-state index contributed by atoms with van der Waals surface area (Å²) in [4.78, 5) is 17.6. The Morgan fingerprint density at radius 2 is 2.38 bits per heavy atom. The minimum absolute atomic E-state index is 0.0168. The monoisotopic (exact) mass is 263 g/mol. The van der Waals surface area contributed by atoms with Gasteiger partial charge in [-0.3, -0.25) is 4.79 Å². The third kappa shape index (κ3) is 3.33. The maximum absolute atomic E-state index is 11.1. The Labute approximate surface area is 103 Å². The van der Waals surface area contributed by atoms with Crippen molar-refractivity contribution in [2.45, 2.75) is 13.0 Å². The predicted octanol–water partition coefficient (Wildman–Crippen LogP) is 0.861. The first kappa shape index (κ1) is 13.2. The second-order valence-corrected chi connectivity index (χ2v) is 4.63. The van der Waals surface area contributed by atoms with Crippen LogP contribution in [0.25, 0.3) is 0 Å². The van der Waals surface area contributed by atoms with Crippen molar-refractivity contribution in [1.29, 1.82) is 0 Å². The first-order chi connectivity index (χ1) is 7.58. The van der Waals surface area contributed by atoms with E-state index in [-0.39, 0.29) is 12.5 Å². The minimum Gasteiger partial charge on any atom is -0.391 e. The van der Waals surface area contributed by atoms with Crippen LogP contribution in [0.5, 0.6) is 0 Å². The van der Waals surface area contributed by atoms with Gasteiger partial charge in [0.05, 0.1) is 11.5 Å². The molecule has 0 spiro atoms. The number of rotatable bonds is 5. The molecule has 1 aromatic heterocycles. The minimum atomic E-state index is -0.111. The smallest absolute Gasteiger partial charge is 0.221 e. The van der Waals surface area contributed by atoms with Gasteiger partial charge in [-0.2, -0.15) is 0 Å². The zero-order chi connectivity index (χ0) is 12.1. The third-order valence-electron chi connectivity index (χ3n) is 2.06. The molecule has 1 heterocycles.